The molecule has 128 valence electrons. The minimum atomic E-state index is 0.156. The first kappa shape index (κ1) is 18.2. The Morgan fingerprint density at radius 1 is 1.04 bits per heavy atom. The fourth-order valence-corrected chi connectivity index (χ4v) is 2.53. The van der Waals surface area contributed by atoms with Gasteiger partial charge in [0.2, 0.25) is 0 Å². The van der Waals surface area contributed by atoms with Gasteiger partial charge in [-0.05, 0) is 41.5 Å². The molecule has 24 heavy (non-hydrogen) atoms. The van der Waals surface area contributed by atoms with Gasteiger partial charge in [-0.25, -0.2) is 0 Å². The standard InChI is InChI=1S/C19H21ClO4/c1-21-9-8-15-11-18(20)17(19(12-15)24-13-22-2)10-14-4-6-16(23-3)7-5-14/h4-9,11-12H,10,13H2,1-3H3. The van der Waals surface area contributed by atoms with Crippen molar-refractivity contribution in [1.82, 2.24) is 0 Å². The van der Waals surface area contributed by atoms with E-state index in [0.717, 1.165) is 22.4 Å². The average molecular weight is 349 g/mol. The van der Waals surface area contributed by atoms with Crippen LogP contribution in [-0.2, 0) is 15.9 Å². The van der Waals surface area contributed by atoms with Crippen LogP contribution in [-0.4, -0.2) is 28.1 Å². The number of hydrogen-bond acceptors (Lipinski definition) is 4. The molecule has 0 N–H and O–H groups in total. The summed E-state index contributed by atoms with van der Waals surface area (Å²) in [5, 5.41) is 0.634. The molecule has 0 aliphatic carbocycles. The van der Waals surface area contributed by atoms with E-state index in [4.69, 9.17) is 30.5 Å². The molecule has 0 fully saturated rings. The normalized spacial score (nSPS) is 10.8. The number of rotatable bonds is 8. The molecule has 0 heterocycles. The summed E-state index contributed by atoms with van der Waals surface area (Å²) in [7, 11) is 4.83. The predicted octanol–water partition coefficient (Wildman–Crippen LogP) is 4.54. The Bertz CT molecular complexity index is 681. The SMILES string of the molecule is COC=Cc1cc(Cl)c(Cc2ccc(OC)cc2)c(OCOC)c1. The Balaban J connectivity index is 2.32. The highest BCUT2D eigenvalue weighted by Gasteiger charge is 2.12. The maximum Gasteiger partial charge on any atom is 0.188 e. The van der Waals surface area contributed by atoms with Crippen LogP contribution in [0.5, 0.6) is 11.5 Å². The van der Waals surface area contributed by atoms with Gasteiger partial charge < -0.3 is 18.9 Å². The molecule has 0 aliphatic heterocycles. The van der Waals surface area contributed by atoms with Gasteiger partial charge in [0.25, 0.3) is 0 Å². The lowest BCUT2D eigenvalue weighted by atomic mass is 10.0. The zero-order valence-corrected chi connectivity index (χ0v) is 14.8. The molecule has 4 nitrogen and oxygen atoms in total. The summed E-state index contributed by atoms with van der Waals surface area (Å²) in [6, 6.07) is 11.7. The Morgan fingerprint density at radius 2 is 1.79 bits per heavy atom. The van der Waals surface area contributed by atoms with Gasteiger partial charge >= 0.3 is 0 Å². The topological polar surface area (TPSA) is 36.9 Å². The molecule has 2 rings (SSSR count). The maximum atomic E-state index is 6.48. The van der Waals surface area contributed by atoms with Crippen LogP contribution in [0.2, 0.25) is 5.02 Å². The van der Waals surface area contributed by atoms with Crippen molar-refractivity contribution in [3.63, 3.8) is 0 Å². The second kappa shape index (κ2) is 9.21. The molecular formula is C19H21ClO4. The van der Waals surface area contributed by atoms with Crippen LogP contribution in [0.25, 0.3) is 6.08 Å². The van der Waals surface area contributed by atoms with Crippen molar-refractivity contribution in [1.29, 1.82) is 0 Å². The summed E-state index contributed by atoms with van der Waals surface area (Å²) in [5.74, 6) is 1.51. The van der Waals surface area contributed by atoms with Gasteiger partial charge in [0.15, 0.2) is 6.79 Å². The smallest absolute Gasteiger partial charge is 0.188 e. The molecule has 5 heteroatoms. The van der Waals surface area contributed by atoms with Crippen LogP contribution in [0.4, 0.5) is 0 Å². The van der Waals surface area contributed by atoms with Gasteiger partial charge in [0, 0.05) is 24.1 Å². The Hall–Kier alpha value is -2.17. The zero-order valence-electron chi connectivity index (χ0n) is 14.0. The highest BCUT2D eigenvalue weighted by atomic mass is 35.5. The van der Waals surface area contributed by atoms with Crippen molar-refractivity contribution in [2.45, 2.75) is 6.42 Å². The molecule has 0 amide bonds. The third-order valence-electron chi connectivity index (χ3n) is 3.45. The molecule has 0 atom stereocenters. The van der Waals surface area contributed by atoms with Gasteiger partial charge in [0.05, 0.1) is 20.5 Å². The minimum absolute atomic E-state index is 0.156. The van der Waals surface area contributed by atoms with E-state index in [1.165, 1.54) is 0 Å². The van der Waals surface area contributed by atoms with Crippen LogP contribution in [0.1, 0.15) is 16.7 Å². The monoisotopic (exact) mass is 348 g/mol. The number of hydrogen-bond donors (Lipinski definition) is 0. The second-order valence-corrected chi connectivity index (χ2v) is 5.50. The van der Waals surface area contributed by atoms with Crippen LogP contribution in [0, 0.1) is 0 Å². The van der Waals surface area contributed by atoms with Crippen LogP contribution < -0.4 is 9.47 Å². The summed E-state index contributed by atoms with van der Waals surface area (Å²) in [6.45, 7) is 0.156. The fourth-order valence-electron chi connectivity index (χ4n) is 2.24. The van der Waals surface area contributed by atoms with E-state index in [-0.39, 0.29) is 6.79 Å². The van der Waals surface area contributed by atoms with E-state index < -0.39 is 0 Å². The largest absolute Gasteiger partial charge is 0.504 e. The van der Waals surface area contributed by atoms with Gasteiger partial charge in [-0.2, -0.15) is 0 Å². The number of benzene rings is 2. The lowest BCUT2D eigenvalue weighted by molar-refractivity contribution is 0.0505. The highest BCUT2D eigenvalue weighted by molar-refractivity contribution is 6.31. The fraction of sp³-hybridized carbons (Fsp3) is 0.263. The first-order valence-electron chi connectivity index (χ1n) is 7.44. The maximum absolute atomic E-state index is 6.48. The lowest BCUT2D eigenvalue weighted by Crippen LogP contribution is -2.03. The molecule has 0 bridgehead atoms. The Morgan fingerprint density at radius 3 is 2.42 bits per heavy atom. The number of ether oxygens (including phenoxy) is 4. The first-order valence-corrected chi connectivity index (χ1v) is 7.82. The molecular weight excluding hydrogens is 328 g/mol. The zero-order chi connectivity index (χ0) is 17.4. The van der Waals surface area contributed by atoms with Crippen molar-refractivity contribution in [2.75, 3.05) is 28.1 Å². The van der Waals surface area contributed by atoms with Crippen LogP contribution in [0.3, 0.4) is 0 Å². The van der Waals surface area contributed by atoms with Gasteiger partial charge in [-0.3, -0.25) is 0 Å². The van der Waals surface area contributed by atoms with Gasteiger partial charge in [-0.15, -0.1) is 0 Å². The molecule has 0 saturated heterocycles. The molecule has 0 saturated carbocycles. The molecule has 2 aromatic rings. The van der Waals surface area contributed by atoms with Gasteiger partial charge in [-0.1, -0.05) is 23.7 Å². The molecule has 0 aliphatic rings. The molecule has 0 unspecified atom stereocenters. The predicted molar refractivity (Wildman–Crippen MR) is 95.8 cm³/mol. The Kier molecular flexibility index (Phi) is 6.97. The van der Waals surface area contributed by atoms with Crippen molar-refractivity contribution in [3.8, 4) is 11.5 Å². The second-order valence-electron chi connectivity index (χ2n) is 5.09. The summed E-state index contributed by atoms with van der Waals surface area (Å²) in [4.78, 5) is 0. The van der Waals surface area contributed by atoms with Crippen LogP contribution >= 0.6 is 11.6 Å². The lowest BCUT2D eigenvalue weighted by Gasteiger charge is -2.14. The molecule has 2 aromatic carbocycles. The summed E-state index contributed by atoms with van der Waals surface area (Å²) >= 11 is 6.48. The third kappa shape index (κ3) is 4.91. The van der Waals surface area contributed by atoms with Crippen molar-refractivity contribution in [2.24, 2.45) is 0 Å². The van der Waals surface area contributed by atoms with Crippen molar-refractivity contribution < 1.29 is 18.9 Å². The van der Waals surface area contributed by atoms with E-state index in [0.29, 0.717) is 17.2 Å². The highest BCUT2D eigenvalue weighted by Crippen LogP contribution is 2.32. The quantitative estimate of drug-likeness (QED) is 0.518. The molecule has 0 aromatic heterocycles. The van der Waals surface area contributed by atoms with E-state index in [1.54, 1.807) is 27.6 Å². The summed E-state index contributed by atoms with van der Waals surface area (Å²) in [6.07, 6.45) is 4.06. The van der Waals surface area contributed by atoms with Crippen molar-refractivity contribution in [3.05, 3.63) is 64.4 Å². The average Bonchev–Trinajstić information content (AvgIpc) is 2.61. The molecule has 0 spiro atoms. The van der Waals surface area contributed by atoms with Crippen LogP contribution in [0.15, 0.2) is 42.7 Å². The minimum Gasteiger partial charge on any atom is -0.504 e. The first-order chi connectivity index (χ1) is 11.7. The molecule has 0 radical (unpaired) electrons. The number of methoxy groups -OCH3 is 3. The van der Waals surface area contributed by atoms with E-state index in [1.807, 2.05) is 42.5 Å². The van der Waals surface area contributed by atoms with E-state index in [9.17, 15) is 0 Å². The Labute approximate surface area is 147 Å². The number of halogens is 1. The van der Waals surface area contributed by atoms with Crippen molar-refractivity contribution >= 4 is 17.7 Å². The summed E-state index contributed by atoms with van der Waals surface area (Å²) in [5.41, 5.74) is 2.92. The van der Waals surface area contributed by atoms with E-state index in [2.05, 4.69) is 0 Å². The van der Waals surface area contributed by atoms with E-state index >= 15 is 0 Å². The van der Waals surface area contributed by atoms with Gasteiger partial charge in [0.1, 0.15) is 11.5 Å². The summed E-state index contributed by atoms with van der Waals surface area (Å²) < 4.78 is 20.9. The third-order valence-corrected chi connectivity index (χ3v) is 3.78.